The van der Waals surface area contributed by atoms with Gasteiger partial charge >= 0.3 is 0 Å². The Hall–Kier alpha value is -0.870. The summed E-state index contributed by atoms with van der Waals surface area (Å²) in [6.07, 6.45) is 2.43. The van der Waals surface area contributed by atoms with Crippen LogP contribution < -0.4 is 14.8 Å². The average Bonchev–Trinajstić information content (AvgIpc) is 3.02. The van der Waals surface area contributed by atoms with Crippen LogP contribution in [0.4, 0.5) is 0 Å². The quantitative estimate of drug-likeness (QED) is 0.834. The molecule has 0 spiro atoms. The summed E-state index contributed by atoms with van der Waals surface area (Å²) in [5, 5.41) is 3.71. The van der Waals surface area contributed by atoms with Crippen molar-refractivity contribution in [3.05, 3.63) is 23.8 Å². The highest BCUT2D eigenvalue weighted by Crippen LogP contribution is 2.39. The van der Waals surface area contributed by atoms with Gasteiger partial charge < -0.3 is 14.8 Å². The Balaban J connectivity index is 2.26. The topological polar surface area (TPSA) is 30.5 Å². The Morgan fingerprint density at radius 2 is 2.20 bits per heavy atom. The molecule has 1 aromatic rings. The molecular formula is C16H25NO2S. The molecule has 1 N–H and O–H groups in total. The molecule has 4 heteroatoms. The predicted molar refractivity (Wildman–Crippen MR) is 86.0 cm³/mol. The van der Waals surface area contributed by atoms with Gasteiger partial charge in [-0.3, -0.25) is 0 Å². The van der Waals surface area contributed by atoms with E-state index in [0.717, 1.165) is 24.5 Å². The van der Waals surface area contributed by atoms with Gasteiger partial charge in [-0.05, 0) is 42.9 Å². The van der Waals surface area contributed by atoms with Crippen molar-refractivity contribution in [3.8, 4) is 11.5 Å². The fraction of sp³-hybridized carbons (Fsp3) is 0.625. The van der Waals surface area contributed by atoms with E-state index in [2.05, 4.69) is 30.1 Å². The van der Waals surface area contributed by atoms with Gasteiger partial charge in [-0.25, -0.2) is 0 Å². The number of hydrogen-bond acceptors (Lipinski definition) is 4. The van der Waals surface area contributed by atoms with Gasteiger partial charge in [0.05, 0.1) is 14.2 Å². The molecule has 2 unspecified atom stereocenters. The third kappa shape index (κ3) is 3.61. The van der Waals surface area contributed by atoms with E-state index in [1.54, 1.807) is 14.2 Å². The molecule has 1 fully saturated rings. The number of nitrogens with one attached hydrogen (secondary N) is 1. The molecule has 1 aliphatic heterocycles. The predicted octanol–water partition coefficient (Wildman–Crippen LogP) is 3.50. The molecule has 0 aliphatic carbocycles. The van der Waals surface area contributed by atoms with Gasteiger partial charge in [0.25, 0.3) is 0 Å². The van der Waals surface area contributed by atoms with Crippen LogP contribution in [0, 0.1) is 5.92 Å². The third-order valence-electron chi connectivity index (χ3n) is 3.83. The first-order valence-corrected chi connectivity index (χ1v) is 8.48. The van der Waals surface area contributed by atoms with Crippen LogP contribution in [0.5, 0.6) is 11.5 Å². The summed E-state index contributed by atoms with van der Waals surface area (Å²) in [4.78, 5) is 0. The SMILES string of the molecule is CCCNC(c1ccc(OC)cc1OC)C1CCSC1. The molecule has 0 amide bonds. The smallest absolute Gasteiger partial charge is 0.127 e. The maximum atomic E-state index is 5.58. The summed E-state index contributed by atoms with van der Waals surface area (Å²) in [6.45, 7) is 3.25. The van der Waals surface area contributed by atoms with Crippen LogP contribution in [-0.4, -0.2) is 32.3 Å². The second-order valence-electron chi connectivity index (χ2n) is 5.16. The van der Waals surface area contributed by atoms with Gasteiger partial charge in [0.1, 0.15) is 11.5 Å². The lowest BCUT2D eigenvalue weighted by molar-refractivity contribution is 0.356. The fourth-order valence-electron chi connectivity index (χ4n) is 2.72. The number of rotatable bonds is 7. The second-order valence-corrected chi connectivity index (χ2v) is 6.31. The maximum Gasteiger partial charge on any atom is 0.127 e. The van der Waals surface area contributed by atoms with Crippen LogP contribution in [-0.2, 0) is 0 Å². The summed E-state index contributed by atoms with van der Waals surface area (Å²) >= 11 is 2.05. The van der Waals surface area contributed by atoms with Crippen molar-refractivity contribution in [1.82, 2.24) is 5.32 Å². The lowest BCUT2D eigenvalue weighted by Gasteiger charge is -2.26. The molecule has 1 heterocycles. The van der Waals surface area contributed by atoms with Crippen molar-refractivity contribution in [1.29, 1.82) is 0 Å². The van der Waals surface area contributed by atoms with E-state index in [-0.39, 0.29) is 0 Å². The molecule has 112 valence electrons. The number of thioether (sulfide) groups is 1. The van der Waals surface area contributed by atoms with Gasteiger partial charge in [0, 0.05) is 17.7 Å². The fourth-order valence-corrected chi connectivity index (χ4v) is 4.02. The standard InChI is InChI=1S/C16H25NO2S/c1-4-8-17-16(12-7-9-20-11-12)14-6-5-13(18-2)10-15(14)19-3/h5-6,10,12,16-17H,4,7-9,11H2,1-3H3. The molecule has 2 atom stereocenters. The van der Waals surface area contributed by atoms with Crippen molar-refractivity contribution < 1.29 is 9.47 Å². The van der Waals surface area contributed by atoms with Crippen LogP contribution in [0.2, 0.25) is 0 Å². The Kier molecular flexibility index (Phi) is 6.05. The lowest BCUT2D eigenvalue weighted by Crippen LogP contribution is -2.29. The number of hydrogen-bond donors (Lipinski definition) is 1. The minimum absolute atomic E-state index is 0.380. The van der Waals surface area contributed by atoms with E-state index >= 15 is 0 Å². The van der Waals surface area contributed by atoms with Crippen molar-refractivity contribution in [2.45, 2.75) is 25.8 Å². The first-order valence-electron chi connectivity index (χ1n) is 7.33. The minimum Gasteiger partial charge on any atom is -0.497 e. The molecule has 1 aromatic carbocycles. The van der Waals surface area contributed by atoms with Gasteiger partial charge in [0.15, 0.2) is 0 Å². The molecule has 1 saturated heterocycles. The zero-order valence-corrected chi connectivity index (χ0v) is 13.5. The summed E-state index contributed by atoms with van der Waals surface area (Å²) in [5.74, 6) is 4.97. The van der Waals surface area contributed by atoms with Crippen molar-refractivity contribution >= 4 is 11.8 Å². The number of ether oxygens (including phenoxy) is 2. The monoisotopic (exact) mass is 295 g/mol. The van der Waals surface area contributed by atoms with Crippen LogP contribution >= 0.6 is 11.8 Å². The van der Waals surface area contributed by atoms with Gasteiger partial charge in [0.2, 0.25) is 0 Å². The normalized spacial score (nSPS) is 19.9. The van der Waals surface area contributed by atoms with E-state index < -0.39 is 0 Å². The van der Waals surface area contributed by atoms with E-state index in [4.69, 9.17) is 9.47 Å². The Morgan fingerprint density at radius 1 is 1.35 bits per heavy atom. The highest BCUT2D eigenvalue weighted by molar-refractivity contribution is 7.99. The molecule has 20 heavy (non-hydrogen) atoms. The van der Waals surface area contributed by atoms with E-state index in [1.807, 2.05) is 12.1 Å². The molecule has 0 radical (unpaired) electrons. The molecule has 0 bridgehead atoms. The second kappa shape index (κ2) is 7.79. The van der Waals surface area contributed by atoms with Crippen LogP contribution in [0.1, 0.15) is 31.4 Å². The van der Waals surface area contributed by atoms with Crippen molar-refractivity contribution in [2.24, 2.45) is 5.92 Å². The molecule has 3 nitrogen and oxygen atoms in total. The largest absolute Gasteiger partial charge is 0.497 e. The zero-order valence-electron chi connectivity index (χ0n) is 12.6. The third-order valence-corrected chi connectivity index (χ3v) is 5.01. The van der Waals surface area contributed by atoms with Gasteiger partial charge in [-0.15, -0.1) is 0 Å². The molecule has 1 aliphatic rings. The first-order chi connectivity index (χ1) is 9.80. The Labute approximate surface area is 126 Å². The van der Waals surface area contributed by atoms with Gasteiger partial charge in [-0.1, -0.05) is 13.0 Å². The maximum absolute atomic E-state index is 5.58. The Bertz CT molecular complexity index is 419. The first kappa shape index (κ1) is 15.5. The molecule has 2 rings (SSSR count). The highest BCUT2D eigenvalue weighted by Gasteiger charge is 2.28. The average molecular weight is 295 g/mol. The molecular weight excluding hydrogens is 270 g/mol. The summed E-state index contributed by atoms with van der Waals surface area (Å²) in [6, 6.07) is 6.54. The number of benzene rings is 1. The zero-order chi connectivity index (χ0) is 14.4. The van der Waals surface area contributed by atoms with E-state index in [0.29, 0.717) is 12.0 Å². The number of methoxy groups -OCH3 is 2. The summed E-state index contributed by atoms with van der Waals surface area (Å²) < 4.78 is 10.9. The van der Waals surface area contributed by atoms with Crippen molar-refractivity contribution in [2.75, 3.05) is 32.3 Å². The van der Waals surface area contributed by atoms with Crippen molar-refractivity contribution in [3.63, 3.8) is 0 Å². The lowest BCUT2D eigenvalue weighted by atomic mass is 9.91. The van der Waals surface area contributed by atoms with E-state index in [9.17, 15) is 0 Å². The van der Waals surface area contributed by atoms with Crippen LogP contribution in [0.25, 0.3) is 0 Å². The molecule has 0 saturated carbocycles. The minimum atomic E-state index is 0.380. The van der Waals surface area contributed by atoms with E-state index in [1.165, 1.54) is 23.5 Å². The van der Waals surface area contributed by atoms with Gasteiger partial charge in [-0.2, -0.15) is 11.8 Å². The summed E-state index contributed by atoms with van der Waals surface area (Å²) in [7, 11) is 3.42. The van der Waals surface area contributed by atoms with Crippen LogP contribution in [0.15, 0.2) is 18.2 Å². The highest BCUT2D eigenvalue weighted by atomic mass is 32.2. The summed E-state index contributed by atoms with van der Waals surface area (Å²) in [5.41, 5.74) is 1.26. The Morgan fingerprint density at radius 3 is 2.80 bits per heavy atom. The van der Waals surface area contributed by atoms with Crippen LogP contribution in [0.3, 0.4) is 0 Å². The molecule has 0 aromatic heterocycles.